The number of fused-ring (bicyclic) bond motifs is 1. The summed E-state index contributed by atoms with van der Waals surface area (Å²) in [7, 11) is 0. The minimum Gasteiger partial charge on any atom is -0.323 e. The maximum atomic E-state index is 13.1. The number of aromatic nitrogens is 4. The van der Waals surface area contributed by atoms with Gasteiger partial charge in [0.1, 0.15) is 11.9 Å². The first-order valence-corrected chi connectivity index (χ1v) is 7.25. The quantitative estimate of drug-likeness (QED) is 0.790. The molecule has 0 saturated carbocycles. The summed E-state index contributed by atoms with van der Waals surface area (Å²) >= 11 is 1.65. The van der Waals surface area contributed by atoms with Crippen LogP contribution in [0.4, 0.5) is 10.3 Å². The lowest BCUT2D eigenvalue weighted by Crippen LogP contribution is -2.19. The SMILES string of the molecule is Fc1ccc(C2=C[C@@H](c3cccs3)n3nnnc3N2)cc1. The number of allylic oxidation sites excluding steroid dienone is 1. The van der Waals surface area contributed by atoms with Crippen LogP contribution < -0.4 is 5.32 Å². The average molecular weight is 299 g/mol. The zero-order chi connectivity index (χ0) is 14.2. The second-order valence-corrected chi connectivity index (χ2v) is 5.60. The van der Waals surface area contributed by atoms with Gasteiger partial charge in [0.15, 0.2) is 0 Å². The first-order valence-electron chi connectivity index (χ1n) is 6.37. The third-order valence-corrected chi connectivity index (χ3v) is 4.26. The van der Waals surface area contributed by atoms with Gasteiger partial charge in [0, 0.05) is 10.6 Å². The molecule has 0 unspecified atom stereocenters. The second kappa shape index (κ2) is 4.78. The normalized spacial score (nSPS) is 17.0. The number of rotatable bonds is 2. The molecule has 1 aliphatic rings. The van der Waals surface area contributed by atoms with Crippen molar-refractivity contribution in [3.8, 4) is 0 Å². The van der Waals surface area contributed by atoms with E-state index in [1.54, 1.807) is 28.2 Å². The molecule has 0 bridgehead atoms. The minimum absolute atomic E-state index is 0.0590. The first-order chi connectivity index (χ1) is 10.3. The molecule has 1 atom stereocenters. The van der Waals surface area contributed by atoms with E-state index in [9.17, 15) is 4.39 Å². The summed E-state index contributed by atoms with van der Waals surface area (Å²) < 4.78 is 14.8. The highest BCUT2D eigenvalue weighted by molar-refractivity contribution is 7.10. The number of benzene rings is 1. The Balaban J connectivity index is 1.80. The largest absolute Gasteiger partial charge is 0.323 e. The Hall–Kier alpha value is -2.54. The number of anilines is 1. The number of halogens is 1. The van der Waals surface area contributed by atoms with Crippen LogP contribution in [-0.4, -0.2) is 20.2 Å². The van der Waals surface area contributed by atoms with Crippen molar-refractivity contribution < 1.29 is 4.39 Å². The predicted octanol–water partition coefficient (Wildman–Crippen LogP) is 2.93. The first kappa shape index (κ1) is 12.2. The van der Waals surface area contributed by atoms with Crippen LogP contribution in [0.1, 0.15) is 16.5 Å². The molecular formula is C14H10FN5S. The molecule has 104 valence electrons. The zero-order valence-corrected chi connectivity index (χ0v) is 11.6. The van der Waals surface area contributed by atoms with Gasteiger partial charge >= 0.3 is 0 Å². The smallest absolute Gasteiger partial charge is 0.248 e. The number of hydrogen-bond acceptors (Lipinski definition) is 5. The van der Waals surface area contributed by atoms with Gasteiger partial charge in [-0.3, -0.25) is 0 Å². The van der Waals surface area contributed by atoms with E-state index in [0.717, 1.165) is 16.1 Å². The summed E-state index contributed by atoms with van der Waals surface area (Å²) in [4.78, 5) is 1.14. The summed E-state index contributed by atoms with van der Waals surface area (Å²) in [5.74, 6) is 0.324. The average Bonchev–Trinajstić information content (AvgIpc) is 3.18. The molecule has 5 nitrogen and oxygen atoms in total. The van der Waals surface area contributed by atoms with Gasteiger partial charge in [0.05, 0.1) is 0 Å². The second-order valence-electron chi connectivity index (χ2n) is 4.62. The summed E-state index contributed by atoms with van der Waals surface area (Å²) in [5, 5.41) is 16.9. The molecule has 21 heavy (non-hydrogen) atoms. The van der Waals surface area contributed by atoms with E-state index < -0.39 is 0 Å². The van der Waals surface area contributed by atoms with E-state index in [1.165, 1.54) is 12.1 Å². The predicted molar refractivity (Wildman–Crippen MR) is 78.3 cm³/mol. The fraction of sp³-hybridized carbons (Fsp3) is 0.0714. The van der Waals surface area contributed by atoms with Crippen molar-refractivity contribution in [1.82, 2.24) is 20.2 Å². The lowest BCUT2D eigenvalue weighted by atomic mass is 10.1. The Morgan fingerprint density at radius 1 is 1.19 bits per heavy atom. The highest BCUT2D eigenvalue weighted by Gasteiger charge is 2.24. The molecule has 0 spiro atoms. The Bertz CT molecular complexity index is 791. The minimum atomic E-state index is -0.255. The van der Waals surface area contributed by atoms with Crippen LogP contribution in [0.3, 0.4) is 0 Å². The molecule has 0 saturated heterocycles. The number of nitrogens with zero attached hydrogens (tertiary/aromatic N) is 4. The van der Waals surface area contributed by atoms with E-state index >= 15 is 0 Å². The van der Waals surface area contributed by atoms with Gasteiger partial charge in [0.2, 0.25) is 5.95 Å². The molecule has 0 amide bonds. The molecule has 0 radical (unpaired) electrons. The maximum Gasteiger partial charge on any atom is 0.248 e. The van der Waals surface area contributed by atoms with Gasteiger partial charge in [0.25, 0.3) is 0 Å². The van der Waals surface area contributed by atoms with Gasteiger partial charge in [-0.2, -0.15) is 4.68 Å². The van der Waals surface area contributed by atoms with Crippen LogP contribution in [0.25, 0.3) is 5.70 Å². The van der Waals surface area contributed by atoms with E-state index in [2.05, 4.69) is 20.8 Å². The number of hydrogen-bond donors (Lipinski definition) is 1. The van der Waals surface area contributed by atoms with Gasteiger partial charge in [-0.25, -0.2) is 4.39 Å². The van der Waals surface area contributed by atoms with Crippen molar-refractivity contribution in [2.45, 2.75) is 6.04 Å². The van der Waals surface area contributed by atoms with Crippen molar-refractivity contribution >= 4 is 23.0 Å². The van der Waals surface area contributed by atoms with E-state index in [1.807, 2.05) is 23.6 Å². The summed E-state index contributed by atoms with van der Waals surface area (Å²) in [6, 6.07) is 10.3. The van der Waals surface area contributed by atoms with E-state index in [0.29, 0.717) is 5.95 Å². The fourth-order valence-electron chi connectivity index (χ4n) is 2.31. The lowest BCUT2D eigenvalue weighted by Gasteiger charge is -2.22. The molecule has 0 aliphatic carbocycles. The Labute approximate surface area is 123 Å². The molecule has 3 heterocycles. The molecule has 2 aromatic heterocycles. The highest BCUT2D eigenvalue weighted by Crippen LogP contribution is 2.33. The molecule has 1 aromatic carbocycles. The molecule has 1 N–H and O–H groups in total. The molecule has 0 fully saturated rings. The van der Waals surface area contributed by atoms with E-state index in [4.69, 9.17) is 0 Å². The number of nitrogens with one attached hydrogen (secondary N) is 1. The Morgan fingerprint density at radius 2 is 2.05 bits per heavy atom. The van der Waals surface area contributed by atoms with Gasteiger partial charge in [-0.15, -0.1) is 11.3 Å². The highest BCUT2D eigenvalue weighted by atomic mass is 32.1. The summed E-state index contributed by atoms with van der Waals surface area (Å²) in [6.07, 6.45) is 2.04. The van der Waals surface area contributed by atoms with Crippen molar-refractivity contribution in [2.24, 2.45) is 0 Å². The monoisotopic (exact) mass is 299 g/mol. The zero-order valence-electron chi connectivity index (χ0n) is 10.8. The van der Waals surface area contributed by atoms with Crippen LogP contribution in [0.5, 0.6) is 0 Å². The van der Waals surface area contributed by atoms with Gasteiger partial charge in [-0.05, 0) is 57.8 Å². The van der Waals surface area contributed by atoms with Gasteiger partial charge in [-0.1, -0.05) is 11.2 Å². The summed E-state index contributed by atoms with van der Waals surface area (Å²) in [5.41, 5.74) is 1.77. The van der Waals surface area contributed by atoms with Crippen molar-refractivity contribution in [3.63, 3.8) is 0 Å². The Morgan fingerprint density at radius 3 is 2.81 bits per heavy atom. The van der Waals surface area contributed by atoms with Crippen LogP contribution >= 0.6 is 11.3 Å². The molecule has 1 aliphatic heterocycles. The topological polar surface area (TPSA) is 55.6 Å². The van der Waals surface area contributed by atoms with Crippen molar-refractivity contribution in [3.05, 3.63) is 64.1 Å². The van der Waals surface area contributed by atoms with E-state index in [-0.39, 0.29) is 11.9 Å². The van der Waals surface area contributed by atoms with Crippen LogP contribution in [0, 0.1) is 5.82 Å². The standard InChI is InChI=1S/C14H10FN5S/c15-10-5-3-9(4-6-10)11-8-12(13-2-1-7-21-13)20-14(16-11)17-18-19-20/h1-8,12H,(H,16,17,19)/t12-/m0/s1. The maximum absolute atomic E-state index is 13.1. The van der Waals surface area contributed by atoms with Gasteiger partial charge < -0.3 is 5.32 Å². The van der Waals surface area contributed by atoms with Crippen LogP contribution in [0.15, 0.2) is 47.9 Å². The Kier molecular flexibility index (Phi) is 2.78. The number of tetrazole rings is 1. The third-order valence-electron chi connectivity index (χ3n) is 3.32. The molecular weight excluding hydrogens is 289 g/mol. The fourth-order valence-corrected chi connectivity index (χ4v) is 3.09. The van der Waals surface area contributed by atoms with Crippen molar-refractivity contribution in [2.75, 3.05) is 5.32 Å². The third kappa shape index (κ3) is 2.11. The molecule has 3 aromatic rings. The number of thiophene rings is 1. The van der Waals surface area contributed by atoms with Crippen molar-refractivity contribution in [1.29, 1.82) is 0 Å². The summed E-state index contributed by atoms with van der Waals surface area (Å²) in [6.45, 7) is 0. The molecule has 7 heteroatoms. The lowest BCUT2D eigenvalue weighted by molar-refractivity contribution is 0.592. The van der Waals surface area contributed by atoms with Crippen LogP contribution in [-0.2, 0) is 0 Å². The van der Waals surface area contributed by atoms with Crippen LogP contribution in [0.2, 0.25) is 0 Å². The molecule has 4 rings (SSSR count).